The molecule has 0 aromatic rings. The van der Waals surface area contributed by atoms with Gasteiger partial charge in [0, 0.05) is 38.8 Å². The molecule has 2 N–H and O–H groups in total. The Morgan fingerprint density at radius 3 is 2.50 bits per heavy atom. The maximum atomic E-state index is 5.55. The number of rotatable bonds is 6. The van der Waals surface area contributed by atoms with E-state index in [1.165, 1.54) is 32.1 Å². The molecule has 140 valence electrons. The summed E-state index contributed by atoms with van der Waals surface area (Å²) in [5, 5.41) is 6.99. The van der Waals surface area contributed by atoms with Crippen LogP contribution in [0.5, 0.6) is 0 Å². The zero-order valence-corrected chi connectivity index (χ0v) is 17.7. The highest BCUT2D eigenvalue weighted by atomic mass is 127. The summed E-state index contributed by atoms with van der Waals surface area (Å²) in [5.74, 6) is 0.924. The second-order valence-corrected chi connectivity index (χ2v) is 6.59. The number of nitrogens with zero attached hydrogens (tertiary/aromatic N) is 2. The predicted molar refractivity (Wildman–Crippen MR) is 112 cm³/mol. The van der Waals surface area contributed by atoms with Gasteiger partial charge < -0.3 is 15.4 Å². The number of guanidine groups is 1. The lowest BCUT2D eigenvalue weighted by atomic mass is 9.80. The van der Waals surface area contributed by atoms with Crippen molar-refractivity contribution in [1.82, 2.24) is 15.5 Å². The topological polar surface area (TPSA) is 48.9 Å². The number of allylic oxidation sites excluding steroid dienone is 1. The standard InChI is InChI=1S/C18H34N4O.HI/c1-3-4-8-11-20-17(19-2)21-16-18(9-6-5-7-10-18)22-12-14-23-15-13-22;/h3-4H,5-16H2,1-2H3,(H2,19,20,21);1H. The van der Waals surface area contributed by atoms with E-state index < -0.39 is 0 Å². The van der Waals surface area contributed by atoms with Crippen LogP contribution in [0.4, 0.5) is 0 Å². The third kappa shape index (κ3) is 6.52. The molecule has 0 amide bonds. The third-order valence-electron chi connectivity index (χ3n) is 5.11. The van der Waals surface area contributed by atoms with Crippen molar-refractivity contribution in [2.24, 2.45) is 4.99 Å². The first-order valence-electron chi connectivity index (χ1n) is 9.19. The monoisotopic (exact) mass is 450 g/mol. The van der Waals surface area contributed by atoms with Crippen LogP contribution < -0.4 is 10.6 Å². The minimum absolute atomic E-state index is 0. The molecule has 1 saturated heterocycles. The molecule has 0 unspecified atom stereocenters. The number of nitrogens with one attached hydrogen (secondary N) is 2. The minimum Gasteiger partial charge on any atom is -0.379 e. The van der Waals surface area contributed by atoms with E-state index in [0.29, 0.717) is 0 Å². The number of morpholine rings is 1. The average Bonchev–Trinajstić information content (AvgIpc) is 2.63. The summed E-state index contributed by atoms with van der Waals surface area (Å²) in [7, 11) is 1.85. The van der Waals surface area contributed by atoms with Crippen molar-refractivity contribution < 1.29 is 4.74 Å². The van der Waals surface area contributed by atoms with Gasteiger partial charge in [-0.05, 0) is 26.2 Å². The Kier molecular flexibility index (Phi) is 10.9. The summed E-state index contributed by atoms with van der Waals surface area (Å²) in [6.45, 7) is 7.84. The summed E-state index contributed by atoms with van der Waals surface area (Å²) in [6.07, 6.45) is 11.9. The first-order valence-corrected chi connectivity index (χ1v) is 9.19. The minimum atomic E-state index is 0. The van der Waals surface area contributed by atoms with Crippen molar-refractivity contribution in [3.63, 3.8) is 0 Å². The molecule has 0 radical (unpaired) electrons. The van der Waals surface area contributed by atoms with Crippen LogP contribution in [0.25, 0.3) is 0 Å². The Morgan fingerprint density at radius 2 is 1.88 bits per heavy atom. The molecule has 1 aliphatic heterocycles. The fourth-order valence-corrected chi connectivity index (χ4v) is 3.76. The molecule has 0 bridgehead atoms. The maximum absolute atomic E-state index is 5.55. The summed E-state index contributed by atoms with van der Waals surface area (Å²) in [5.41, 5.74) is 0.281. The van der Waals surface area contributed by atoms with Crippen molar-refractivity contribution in [2.75, 3.05) is 46.4 Å². The van der Waals surface area contributed by atoms with E-state index in [2.05, 4.69) is 39.6 Å². The third-order valence-corrected chi connectivity index (χ3v) is 5.11. The largest absolute Gasteiger partial charge is 0.379 e. The second-order valence-electron chi connectivity index (χ2n) is 6.59. The van der Waals surface area contributed by atoms with Crippen LogP contribution in [0.15, 0.2) is 17.1 Å². The van der Waals surface area contributed by atoms with E-state index in [1.54, 1.807) is 0 Å². The second kappa shape index (κ2) is 12.1. The predicted octanol–water partition coefficient (Wildman–Crippen LogP) is 2.77. The highest BCUT2D eigenvalue weighted by Gasteiger charge is 2.38. The molecule has 0 aromatic carbocycles. The van der Waals surface area contributed by atoms with Gasteiger partial charge in [0.15, 0.2) is 5.96 Å². The fraction of sp³-hybridized carbons (Fsp3) is 0.833. The average molecular weight is 450 g/mol. The van der Waals surface area contributed by atoms with Gasteiger partial charge in [-0.25, -0.2) is 0 Å². The van der Waals surface area contributed by atoms with Crippen LogP contribution in [0.1, 0.15) is 45.4 Å². The van der Waals surface area contributed by atoms with Gasteiger partial charge in [0.2, 0.25) is 0 Å². The van der Waals surface area contributed by atoms with E-state index in [4.69, 9.17) is 4.74 Å². The van der Waals surface area contributed by atoms with Gasteiger partial charge in [-0.3, -0.25) is 9.89 Å². The van der Waals surface area contributed by atoms with Crippen molar-refractivity contribution in [1.29, 1.82) is 0 Å². The van der Waals surface area contributed by atoms with Crippen LogP contribution >= 0.6 is 24.0 Å². The lowest BCUT2D eigenvalue weighted by molar-refractivity contribution is -0.0352. The SMILES string of the molecule is CC=CCCNC(=NC)NCC1(N2CCOCC2)CCCCC1.I. The van der Waals surface area contributed by atoms with E-state index in [1.807, 2.05) is 7.05 Å². The van der Waals surface area contributed by atoms with E-state index in [9.17, 15) is 0 Å². The van der Waals surface area contributed by atoms with Gasteiger partial charge in [-0.1, -0.05) is 31.4 Å². The van der Waals surface area contributed by atoms with Crippen molar-refractivity contribution in [3.8, 4) is 0 Å². The first-order chi connectivity index (χ1) is 11.3. The van der Waals surface area contributed by atoms with Crippen LogP contribution in [0.3, 0.4) is 0 Å². The Hall–Kier alpha value is -0.340. The Balaban J connectivity index is 0.00000288. The van der Waals surface area contributed by atoms with Gasteiger partial charge in [-0.15, -0.1) is 24.0 Å². The van der Waals surface area contributed by atoms with E-state index >= 15 is 0 Å². The first kappa shape index (κ1) is 21.7. The van der Waals surface area contributed by atoms with Crippen molar-refractivity contribution in [2.45, 2.75) is 51.0 Å². The van der Waals surface area contributed by atoms with Crippen LogP contribution in [0, 0.1) is 0 Å². The number of hydrogen-bond acceptors (Lipinski definition) is 3. The maximum Gasteiger partial charge on any atom is 0.191 e. The molecule has 5 nitrogen and oxygen atoms in total. The summed E-state index contributed by atoms with van der Waals surface area (Å²) < 4.78 is 5.55. The lowest BCUT2D eigenvalue weighted by Gasteiger charge is -2.48. The number of hydrogen-bond donors (Lipinski definition) is 2. The molecule has 0 spiro atoms. The molecule has 2 fully saturated rings. The number of aliphatic imine (C=N–C) groups is 1. The normalized spacial score (nSPS) is 22.2. The highest BCUT2D eigenvalue weighted by Crippen LogP contribution is 2.33. The van der Waals surface area contributed by atoms with Gasteiger partial charge in [-0.2, -0.15) is 0 Å². The van der Waals surface area contributed by atoms with Gasteiger partial charge in [0.05, 0.1) is 13.2 Å². The van der Waals surface area contributed by atoms with E-state index in [0.717, 1.165) is 51.8 Å². The van der Waals surface area contributed by atoms with Gasteiger partial charge in [0.1, 0.15) is 0 Å². The lowest BCUT2D eigenvalue weighted by Crippen LogP contribution is -2.60. The molecule has 1 saturated carbocycles. The zero-order chi connectivity index (χ0) is 16.4. The fourth-order valence-electron chi connectivity index (χ4n) is 3.76. The number of ether oxygens (including phenoxy) is 1. The Labute approximate surface area is 164 Å². The van der Waals surface area contributed by atoms with Crippen molar-refractivity contribution in [3.05, 3.63) is 12.2 Å². The van der Waals surface area contributed by atoms with Crippen LogP contribution in [-0.4, -0.2) is 62.8 Å². The zero-order valence-electron chi connectivity index (χ0n) is 15.4. The molecule has 0 atom stereocenters. The molecular formula is C18H35IN4O. The van der Waals surface area contributed by atoms with Gasteiger partial charge >= 0.3 is 0 Å². The molecule has 2 aliphatic rings. The summed E-state index contributed by atoms with van der Waals surface area (Å²) in [6, 6.07) is 0. The molecule has 2 rings (SSSR count). The Morgan fingerprint density at radius 1 is 1.17 bits per heavy atom. The molecule has 24 heavy (non-hydrogen) atoms. The highest BCUT2D eigenvalue weighted by molar-refractivity contribution is 14.0. The summed E-state index contributed by atoms with van der Waals surface area (Å²) in [4.78, 5) is 7.04. The molecular weight excluding hydrogens is 415 g/mol. The van der Waals surface area contributed by atoms with Crippen molar-refractivity contribution >= 4 is 29.9 Å². The molecule has 1 heterocycles. The quantitative estimate of drug-likeness (QED) is 0.215. The molecule has 1 aliphatic carbocycles. The summed E-state index contributed by atoms with van der Waals surface area (Å²) >= 11 is 0. The molecule has 6 heteroatoms. The number of halogens is 1. The van der Waals surface area contributed by atoms with Crippen LogP contribution in [-0.2, 0) is 4.74 Å². The van der Waals surface area contributed by atoms with Crippen LogP contribution in [0.2, 0.25) is 0 Å². The molecule has 0 aromatic heterocycles. The smallest absolute Gasteiger partial charge is 0.191 e. The Bertz CT molecular complexity index is 388. The van der Waals surface area contributed by atoms with Gasteiger partial charge in [0.25, 0.3) is 0 Å². The van der Waals surface area contributed by atoms with E-state index in [-0.39, 0.29) is 29.5 Å².